The SMILES string of the molecule is COc1cccc(CC(=O)O)c1CF. The molecule has 4 heteroatoms. The van der Waals surface area contributed by atoms with E-state index in [1.54, 1.807) is 18.2 Å². The van der Waals surface area contributed by atoms with Crippen LogP contribution in [0.5, 0.6) is 5.75 Å². The van der Waals surface area contributed by atoms with Crippen molar-refractivity contribution >= 4 is 5.97 Å². The van der Waals surface area contributed by atoms with E-state index in [2.05, 4.69) is 0 Å². The summed E-state index contributed by atoms with van der Waals surface area (Å²) in [5.41, 5.74) is 0.775. The first-order valence-electron chi connectivity index (χ1n) is 4.11. The Morgan fingerprint density at radius 1 is 1.57 bits per heavy atom. The third kappa shape index (κ3) is 2.22. The quantitative estimate of drug-likeness (QED) is 0.802. The molecule has 0 unspecified atom stereocenters. The van der Waals surface area contributed by atoms with Crippen LogP contribution in [0.2, 0.25) is 0 Å². The van der Waals surface area contributed by atoms with Crippen LogP contribution in [0.4, 0.5) is 4.39 Å². The van der Waals surface area contributed by atoms with E-state index in [1.165, 1.54) is 7.11 Å². The molecule has 0 heterocycles. The molecule has 3 nitrogen and oxygen atoms in total. The molecular weight excluding hydrogens is 187 g/mol. The Kier molecular flexibility index (Phi) is 3.45. The lowest BCUT2D eigenvalue weighted by Crippen LogP contribution is -2.04. The van der Waals surface area contributed by atoms with Gasteiger partial charge in [-0.25, -0.2) is 4.39 Å². The normalized spacial score (nSPS) is 9.86. The van der Waals surface area contributed by atoms with Gasteiger partial charge in [0.15, 0.2) is 0 Å². The number of aliphatic carboxylic acids is 1. The lowest BCUT2D eigenvalue weighted by molar-refractivity contribution is -0.136. The maximum absolute atomic E-state index is 12.6. The van der Waals surface area contributed by atoms with Gasteiger partial charge in [0.05, 0.1) is 13.5 Å². The molecule has 1 rings (SSSR count). The van der Waals surface area contributed by atoms with E-state index < -0.39 is 12.6 Å². The molecule has 0 aliphatic carbocycles. The van der Waals surface area contributed by atoms with E-state index in [4.69, 9.17) is 9.84 Å². The van der Waals surface area contributed by atoms with Gasteiger partial charge >= 0.3 is 5.97 Å². The lowest BCUT2D eigenvalue weighted by atomic mass is 10.0. The summed E-state index contributed by atoms with van der Waals surface area (Å²) in [7, 11) is 1.43. The first kappa shape index (κ1) is 10.5. The highest BCUT2D eigenvalue weighted by Crippen LogP contribution is 2.23. The molecule has 76 valence electrons. The zero-order valence-electron chi connectivity index (χ0n) is 7.79. The van der Waals surface area contributed by atoms with Crippen molar-refractivity contribution in [1.82, 2.24) is 0 Å². The summed E-state index contributed by atoms with van der Waals surface area (Å²) in [6, 6.07) is 4.85. The molecule has 1 N–H and O–H groups in total. The number of ether oxygens (including phenoxy) is 1. The smallest absolute Gasteiger partial charge is 0.307 e. The van der Waals surface area contributed by atoms with Gasteiger partial charge in [-0.15, -0.1) is 0 Å². The molecule has 14 heavy (non-hydrogen) atoms. The third-order valence-corrected chi connectivity index (χ3v) is 1.93. The molecule has 0 aliphatic heterocycles. The van der Waals surface area contributed by atoms with Crippen LogP contribution in [-0.2, 0) is 17.9 Å². The van der Waals surface area contributed by atoms with Crippen LogP contribution in [0.15, 0.2) is 18.2 Å². The van der Waals surface area contributed by atoms with Crippen LogP contribution in [0.1, 0.15) is 11.1 Å². The number of alkyl halides is 1. The number of carbonyl (C=O) groups is 1. The third-order valence-electron chi connectivity index (χ3n) is 1.93. The van der Waals surface area contributed by atoms with Crippen LogP contribution < -0.4 is 4.74 Å². The van der Waals surface area contributed by atoms with Gasteiger partial charge in [0.25, 0.3) is 0 Å². The van der Waals surface area contributed by atoms with Gasteiger partial charge in [-0.05, 0) is 11.6 Å². The molecule has 0 fully saturated rings. The maximum Gasteiger partial charge on any atom is 0.307 e. The Labute approximate surface area is 81.1 Å². The Bertz CT molecular complexity index is 336. The lowest BCUT2D eigenvalue weighted by Gasteiger charge is -2.09. The number of hydrogen-bond acceptors (Lipinski definition) is 2. The van der Waals surface area contributed by atoms with Gasteiger partial charge in [0.1, 0.15) is 12.4 Å². The van der Waals surface area contributed by atoms with Crippen molar-refractivity contribution in [1.29, 1.82) is 0 Å². The van der Waals surface area contributed by atoms with Gasteiger partial charge in [0.2, 0.25) is 0 Å². The minimum absolute atomic E-state index is 0.184. The second-order valence-electron chi connectivity index (χ2n) is 2.80. The molecule has 0 aliphatic rings. The fraction of sp³-hybridized carbons (Fsp3) is 0.300. The number of methoxy groups -OCH3 is 1. The van der Waals surface area contributed by atoms with Gasteiger partial charge in [-0.3, -0.25) is 4.79 Å². The van der Waals surface area contributed by atoms with Gasteiger partial charge in [-0.2, -0.15) is 0 Å². The standard InChI is InChI=1S/C10H11FO3/c1-14-9-4-2-3-7(5-10(12)13)8(9)6-11/h2-4H,5-6H2,1H3,(H,12,13). The van der Waals surface area contributed by atoms with Crippen molar-refractivity contribution in [3.63, 3.8) is 0 Å². The highest BCUT2D eigenvalue weighted by molar-refractivity contribution is 5.71. The molecule has 1 aromatic carbocycles. The molecule has 0 spiro atoms. The molecular formula is C10H11FO3. The average Bonchev–Trinajstić information content (AvgIpc) is 2.16. The van der Waals surface area contributed by atoms with Gasteiger partial charge in [-0.1, -0.05) is 12.1 Å². The minimum atomic E-state index is -0.979. The maximum atomic E-state index is 12.6. The van der Waals surface area contributed by atoms with Crippen molar-refractivity contribution in [3.05, 3.63) is 29.3 Å². The van der Waals surface area contributed by atoms with Crippen molar-refractivity contribution in [3.8, 4) is 5.75 Å². The summed E-state index contributed by atoms with van der Waals surface area (Å²) in [6.45, 7) is -0.716. The molecule has 0 saturated heterocycles. The van der Waals surface area contributed by atoms with Crippen molar-refractivity contribution in [2.75, 3.05) is 7.11 Å². The monoisotopic (exact) mass is 198 g/mol. The van der Waals surface area contributed by atoms with E-state index >= 15 is 0 Å². The predicted octanol–water partition coefficient (Wildman–Crippen LogP) is 1.79. The number of benzene rings is 1. The second kappa shape index (κ2) is 4.60. The highest BCUT2D eigenvalue weighted by Gasteiger charge is 2.10. The van der Waals surface area contributed by atoms with E-state index in [1.807, 2.05) is 0 Å². The number of halogens is 1. The predicted molar refractivity (Wildman–Crippen MR) is 49.1 cm³/mol. The largest absolute Gasteiger partial charge is 0.496 e. The van der Waals surface area contributed by atoms with Crippen LogP contribution >= 0.6 is 0 Å². The first-order valence-corrected chi connectivity index (χ1v) is 4.11. The average molecular weight is 198 g/mol. The molecule has 0 atom stereocenters. The van der Waals surface area contributed by atoms with Crippen molar-refractivity contribution < 1.29 is 19.0 Å². The Morgan fingerprint density at radius 3 is 2.79 bits per heavy atom. The van der Waals surface area contributed by atoms with E-state index in [0.29, 0.717) is 16.9 Å². The fourth-order valence-electron chi connectivity index (χ4n) is 1.28. The zero-order valence-corrected chi connectivity index (χ0v) is 7.79. The first-order chi connectivity index (χ1) is 6.69. The number of carboxylic acid groups (broad SMARTS) is 1. The molecule has 1 aromatic rings. The van der Waals surface area contributed by atoms with Crippen LogP contribution in [0.3, 0.4) is 0 Å². The molecule has 0 saturated carbocycles. The fourth-order valence-corrected chi connectivity index (χ4v) is 1.28. The van der Waals surface area contributed by atoms with Crippen LogP contribution in [0.25, 0.3) is 0 Å². The summed E-state index contributed by atoms with van der Waals surface area (Å²) in [6.07, 6.45) is -0.184. The topological polar surface area (TPSA) is 46.5 Å². The van der Waals surface area contributed by atoms with Crippen molar-refractivity contribution in [2.45, 2.75) is 13.1 Å². The van der Waals surface area contributed by atoms with Gasteiger partial charge in [0, 0.05) is 5.56 Å². The summed E-state index contributed by atoms with van der Waals surface area (Å²) in [5, 5.41) is 8.59. The minimum Gasteiger partial charge on any atom is -0.496 e. The Morgan fingerprint density at radius 2 is 2.29 bits per heavy atom. The number of hydrogen-bond donors (Lipinski definition) is 1. The van der Waals surface area contributed by atoms with Crippen LogP contribution in [0, 0.1) is 0 Å². The number of carboxylic acids is 1. The van der Waals surface area contributed by atoms with Crippen LogP contribution in [-0.4, -0.2) is 18.2 Å². The molecule has 0 bridgehead atoms. The number of rotatable bonds is 4. The van der Waals surface area contributed by atoms with Gasteiger partial charge < -0.3 is 9.84 Å². The second-order valence-corrected chi connectivity index (χ2v) is 2.80. The summed E-state index contributed by atoms with van der Waals surface area (Å²) >= 11 is 0. The van der Waals surface area contributed by atoms with E-state index in [9.17, 15) is 9.18 Å². The molecule has 0 amide bonds. The Balaban J connectivity index is 3.08. The summed E-state index contributed by atoms with van der Waals surface area (Å²) < 4.78 is 17.5. The summed E-state index contributed by atoms with van der Waals surface area (Å²) in [5.74, 6) is -0.584. The highest BCUT2D eigenvalue weighted by atomic mass is 19.1. The zero-order chi connectivity index (χ0) is 10.6. The molecule has 0 radical (unpaired) electrons. The Hall–Kier alpha value is -1.58. The summed E-state index contributed by atoms with van der Waals surface area (Å²) in [4.78, 5) is 10.5. The van der Waals surface area contributed by atoms with E-state index in [0.717, 1.165) is 0 Å². The van der Waals surface area contributed by atoms with Crippen molar-refractivity contribution in [2.24, 2.45) is 0 Å². The van der Waals surface area contributed by atoms with E-state index in [-0.39, 0.29) is 6.42 Å². The molecule has 0 aromatic heterocycles.